The first-order valence-electron chi connectivity index (χ1n) is 41.0. The molecule has 5 aliphatic rings. The van der Waals surface area contributed by atoms with Crippen LogP contribution in [-0.4, -0.2) is 194 Å². The molecule has 15 rings (SSSR count). The quantitative estimate of drug-likeness (QED) is 0.0735. The Morgan fingerprint density at radius 3 is 0.873 bits per heavy atom. The highest BCUT2D eigenvalue weighted by Crippen LogP contribution is 2.49. The molecule has 5 saturated heterocycles. The summed E-state index contributed by atoms with van der Waals surface area (Å²) in [5.41, 5.74) is 1.24. The van der Waals surface area contributed by atoms with Gasteiger partial charge in [0.2, 0.25) is 29.5 Å². The number of fused-ring (bicyclic) bond motifs is 5. The fourth-order valence-corrected chi connectivity index (χ4v) is 27.7. The van der Waals surface area contributed by atoms with Gasteiger partial charge < -0.3 is 55.6 Å². The van der Waals surface area contributed by atoms with Gasteiger partial charge in [0, 0.05) is 106 Å². The summed E-state index contributed by atoms with van der Waals surface area (Å²) >= 11 is 37.5. The maximum Gasteiger partial charge on any atom is 0.302 e. The Hall–Kier alpha value is -5.90. The van der Waals surface area contributed by atoms with Gasteiger partial charge in [-0.05, 0) is 125 Å². The van der Waals surface area contributed by atoms with Crippen LogP contribution in [0.15, 0.2) is 107 Å². The van der Waals surface area contributed by atoms with Crippen LogP contribution in [0.5, 0.6) is 0 Å². The normalized spacial score (nSPS) is 18.2. The maximum absolute atomic E-state index is 13.9. The Balaban J connectivity index is 0.000000153. The van der Waals surface area contributed by atoms with Gasteiger partial charge in [0.15, 0.2) is 77.1 Å². The van der Waals surface area contributed by atoms with E-state index in [-0.39, 0.29) is 184 Å². The Morgan fingerprint density at radius 1 is 0.381 bits per heavy atom. The molecule has 126 heavy (non-hydrogen) atoms. The summed E-state index contributed by atoms with van der Waals surface area (Å²) in [4.78, 5) is 33.2. The number of esters is 1. The van der Waals surface area contributed by atoms with E-state index in [4.69, 9.17) is 120 Å². The lowest BCUT2D eigenvalue weighted by atomic mass is 9.97. The predicted molar refractivity (Wildman–Crippen MR) is 480 cm³/mol. The van der Waals surface area contributed by atoms with E-state index in [0.717, 1.165) is 0 Å². The summed E-state index contributed by atoms with van der Waals surface area (Å²) in [6, 6.07) is 15.9. The molecule has 0 bridgehead atoms. The smallest absolute Gasteiger partial charge is 0.302 e. The van der Waals surface area contributed by atoms with Crippen molar-refractivity contribution in [1.82, 2.24) is 24.9 Å². The van der Waals surface area contributed by atoms with Gasteiger partial charge in [0.05, 0.1) is 41.7 Å². The van der Waals surface area contributed by atoms with E-state index in [0.29, 0.717) is 109 Å². The van der Waals surface area contributed by atoms with E-state index in [1.165, 1.54) is 25.1 Å². The van der Waals surface area contributed by atoms with E-state index in [9.17, 15) is 56.4 Å². The number of rotatable bonds is 15. The molecule has 0 unspecified atom stereocenters. The SMILES string of the molecule is CC(=O)OCC1(S(=O)(=O)c2c(Cl)ccc3nc(C(C)(C)C)oc23)CCOCC1.CC(C)(C)c1nc2ccc(Cl)c(S(=O)(=O)C3(CCl)CCOCC3)c2o1.CC(C)(C)c1nc2ccc(Cl)c(S(=O)(=O)C3(CF)CCOCC3)c2o1.CC(C)(C)c1nc2ccc(Cl)c(S(=O)(=O)C3(CO)CCOCC3)c2o1.CC(C)(C)c1nc2ccc(Cl)c(S(=O)(=O)C3CCOCC3)c2o1. The summed E-state index contributed by atoms with van der Waals surface area (Å²) in [6.07, 6.45) is 2.54. The highest BCUT2D eigenvalue weighted by atomic mass is 35.5. The zero-order valence-corrected chi connectivity index (χ0v) is 81.8. The molecule has 5 aromatic carbocycles. The molecule has 0 radical (unpaired) electrons. The fourth-order valence-electron chi connectivity index (χ4n) is 14.8. The zero-order valence-electron chi connectivity index (χ0n) is 73.2. The van der Waals surface area contributed by atoms with Crippen molar-refractivity contribution >= 4 is 180 Å². The molecule has 5 fully saturated rings. The number of oxazole rings is 5. The summed E-state index contributed by atoms with van der Waals surface area (Å²) < 4.78 is 204. The summed E-state index contributed by atoms with van der Waals surface area (Å²) in [7, 11) is -19.5. The molecule has 10 heterocycles. The minimum atomic E-state index is -4.08. The number of benzene rings is 5. The van der Waals surface area contributed by atoms with Gasteiger partial charge in [-0.2, -0.15) is 0 Å². The standard InChI is InChI=1S/C19H24ClNO6S.C17H21Cl2NO4S.C17H21ClFNO4S.C17H22ClNO5S.C16H20ClNO4S/c1-12(22)26-11-19(7-9-25-10-8-19)28(23,24)16-13(20)5-6-14-15(16)27-17(21-14)18(2,3)4;1-16(2,3)15-20-12-5-4-11(19)14(13(12)24-15)25(21,22)17(10-18)6-8-23-9-7-17;1-16(2,3)15-20-12-5-4-11(18)14(13(12)24-15)25(21,22)17(10-19)6-8-23-9-7-17;1-16(2,3)15-19-12-5-4-11(18)14(13(12)24-15)25(21,22)17(10-20)6-8-23-9-7-17;1-16(2,3)15-18-12-5-4-11(17)14(13(12)22-15)23(19,20)10-6-8-21-9-7-10/h5-6H,7-11H2,1-4H3;2*4-5H,6-10H2,1-3H3;4-5,20H,6-10H2,1-3H3;4-5,10H,6-9H2,1-3H3. The number of hydrogen-bond acceptors (Lipinski definition) is 28. The van der Waals surface area contributed by atoms with E-state index >= 15 is 0 Å². The number of sulfone groups is 5. The highest BCUT2D eigenvalue weighted by Gasteiger charge is 2.53. The van der Waals surface area contributed by atoms with Gasteiger partial charge in [-0.3, -0.25) is 4.79 Å². The molecule has 28 nitrogen and oxygen atoms in total. The number of halogens is 7. The lowest BCUT2D eigenvalue weighted by Crippen LogP contribution is -2.48. The highest BCUT2D eigenvalue weighted by molar-refractivity contribution is 7.94. The molecule has 694 valence electrons. The van der Waals surface area contributed by atoms with Crippen molar-refractivity contribution in [2.24, 2.45) is 0 Å². The second-order valence-corrected chi connectivity index (χ2v) is 50.8. The Bertz CT molecular complexity index is 5910. The molecule has 5 aliphatic heterocycles. The molecule has 0 aliphatic carbocycles. The molecule has 1 N–H and O–H groups in total. The van der Waals surface area contributed by atoms with Gasteiger partial charge in [-0.15, -0.1) is 11.6 Å². The molecule has 5 aromatic heterocycles. The molecular weight excluding hydrogens is 1860 g/mol. The first-order chi connectivity index (χ1) is 58.6. The number of nitrogens with zero attached hydrogens (tertiary/aromatic N) is 5. The third kappa shape index (κ3) is 20.1. The van der Waals surface area contributed by atoms with E-state index in [1.807, 2.05) is 104 Å². The molecule has 40 heteroatoms. The summed E-state index contributed by atoms with van der Waals surface area (Å²) in [5, 5.41) is 9.86. The number of carbonyl (C=O) groups is 1. The Morgan fingerprint density at radius 2 is 0.611 bits per heavy atom. The zero-order chi connectivity index (χ0) is 92.9. The average molecular weight is 1970 g/mol. The maximum atomic E-state index is 13.9. The van der Waals surface area contributed by atoms with Crippen molar-refractivity contribution in [2.75, 3.05) is 91.8 Å². The molecular formula is C86H108Cl6FN5O23S5. The van der Waals surface area contributed by atoms with Crippen molar-refractivity contribution in [3.05, 3.63) is 115 Å². The van der Waals surface area contributed by atoms with Crippen LogP contribution in [0.25, 0.3) is 55.5 Å². The van der Waals surface area contributed by atoms with Crippen molar-refractivity contribution in [2.45, 2.75) is 251 Å². The lowest BCUT2D eigenvalue weighted by molar-refractivity contribution is -0.142. The van der Waals surface area contributed by atoms with Gasteiger partial charge in [-0.1, -0.05) is 162 Å². The average Bonchev–Trinajstić information content (AvgIpc) is 1.49. The molecule has 0 spiro atoms. The van der Waals surface area contributed by atoms with Crippen molar-refractivity contribution in [3.63, 3.8) is 0 Å². The van der Waals surface area contributed by atoms with Gasteiger partial charge >= 0.3 is 5.97 Å². The number of alkyl halides is 2. The molecule has 10 aromatic rings. The third-order valence-electron chi connectivity index (χ3n) is 22.7. The minimum absolute atomic E-state index is 0.0165. The molecule has 0 atom stereocenters. The van der Waals surface area contributed by atoms with E-state index in [2.05, 4.69) is 24.9 Å². The summed E-state index contributed by atoms with van der Waals surface area (Å²) in [5.74, 6) is 1.66. The number of carbonyl (C=O) groups excluding carboxylic acids is 1. The molecule has 0 amide bonds. The first-order valence-corrected chi connectivity index (χ1v) is 50.9. The second-order valence-electron chi connectivity index (χ2n) is 37.2. The van der Waals surface area contributed by atoms with E-state index < -0.39 is 104 Å². The first kappa shape index (κ1) is 101. The Labute approximate surface area is 763 Å². The van der Waals surface area contributed by atoms with Crippen LogP contribution < -0.4 is 0 Å². The third-order valence-corrected chi connectivity index (χ3v) is 38.3. The minimum Gasteiger partial charge on any atom is -0.464 e. The van der Waals surface area contributed by atoms with Crippen LogP contribution in [0.4, 0.5) is 4.39 Å². The van der Waals surface area contributed by atoms with Gasteiger partial charge in [0.25, 0.3) is 0 Å². The van der Waals surface area contributed by atoms with Crippen LogP contribution in [0.2, 0.25) is 25.1 Å². The van der Waals surface area contributed by atoms with E-state index in [1.54, 1.807) is 42.5 Å². The number of aliphatic hydroxyl groups is 1. The largest absolute Gasteiger partial charge is 0.464 e. The van der Waals surface area contributed by atoms with Crippen molar-refractivity contribution in [3.8, 4) is 0 Å². The molecule has 0 saturated carbocycles. The second kappa shape index (κ2) is 38.0. The van der Waals surface area contributed by atoms with Crippen LogP contribution in [0, 0.1) is 0 Å². The van der Waals surface area contributed by atoms with Gasteiger partial charge in [-0.25, -0.2) is 71.4 Å². The lowest BCUT2D eigenvalue weighted by Gasteiger charge is -2.35. The predicted octanol–water partition coefficient (Wildman–Crippen LogP) is 18.9. The number of aliphatic hydroxyl groups excluding tert-OH is 1. The summed E-state index contributed by atoms with van der Waals surface area (Å²) in [6.45, 7) is 31.6. The number of aromatic nitrogens is 5. The fraction of sp³-hybridized carbons (Fsp3) is 0.581. The number of ether oxygens (including phenoxy) is 6. The van der Waals surface area contributed by atoms with Crippen LogP contribution in [-0.2, 0) is 109 Å². The Kier molecular flexibility index (Phi) is 30.3. The van der Waals surface area contributed by atoms with Crippen LogP contribution >= 0.6 is 69.6 Å². The van der Waals surface area contributed by atoms with Crippen LogP contribution in [0.1, 0.15) is 204 Å². The monoisotopic (exact) mass is 1970 g/mol. The van der Waals surface area contributed by atoms with Crippen molar-refractivity contribution in [1.29, 1.82) is 0 Å². The number of hydrogen-bond donors (Lipinski definition) is 1. The van der Waals surface area contributed by atoms with Crippen molar-refractivity contribution < 1.29 is 107 Å². The van der Waals surface area contributed by atoms with Gasteiger partial charge in [0.1, 0.15) is 79.6 Å². The van der Waals surface area contributed by atoms with Crippen LogP contribution in [0.3, 0.4) is 0 Å². The topological polar surface area (TPSA) is 394 Å².